The zero-order valence-corrected chi connectivity index (χ0v) is 13.7. The van der Waals surface area contributed by atoms with Crippen molar-refractivity contribution >= 4 is 22.7 Å². The van der Waals surface area contributed by atoms with Crippen LogP contribution in [0.25, 0.3) is 10.9 Å². The summed E-state index contributed by atoms with van der Waals surface area (Å²) in [7, 11) is 0. The van der Waals surface area contributed by atoms with Gasteiger partial charge in [-0.3, -0.25) is 4.79 Å². The second-order valence-electron chi connectivity index (χ2n) is 6.58. The molecule has 20 heavy (non-hydrogen) atoms. The van der Waals surface area contributed by atoms with E-state index < -0.39 is 0 Å². The van der Waals surface area contributed by atoms with Crippen LogP contribution < -0.4 is 5.43 Å². The molecule has 0 saturated carbocycles. The Balaban J connectivity index is 2.52. The van der Waals surface area contributed by atoms with Crippen LogP contribution in [-0.2, 0) is 6.42 Å². The van der Waals surface area contributed by atoms with Gasteiger partial charge in [0, 0.05) is 27.9 Å². The predicted molar refractivity (Wildman–Crippen MR) is 89.7 cm³/mol. The summed E-state index contributed by atoms with van der Waals surface area (Å²) in [6.45, 7) is 8.80. The molecule has 0 spiro atoms. The molecule has 108 valence electrons. The van der Waals surface area contributed by atoms with Crippen LogP contribution in [0.5, 0.6) is 0 Å². The lowest BCUT2D eigenvalue weighted by molar-refractivity contribution is 0.411. The number of pyridine rings is 1. The van der Waals surface area contributed by atoms with E-state index in [2.05, 4.69) is 51.1 Å². The molecule has 0 aliphatic carbocycles. The Morgan fingerprint density at radius 2 is 1.95 bits per heavy atom. The van der Waals surface area contributed by atoms with Crippen LogP contribution in [0.15, 0.2) is 29.1 Å². The van der Waals surface area contributed by atoms with Crippen molar-refractivity contribution in [2.75, 3.05) is 6.26 Å². The molecular weight excluding hydrogens is 266 g/mol. The number of nitrogens with one attached hydrogen (secondary N) is 1. The molecule has 1 aromatic carbocycles. The van der Waals surface area contributed by atoms with E-state index in [1.54, 1.807) is 17.8 Å². The Bertz CT molecular complexity index is 667. The number of thioether (sulfide) groups is 1. The van der Waals surface area contributed by atoms with Gasteiger partial charge in [0.25, 0.3) is 0 Å². The summed E-state index contributed by atoms with van der Waals surface area (Å²) >= 11 is 1.74. The number of rotatable bonds is 3. The molecule has 1 atom stereocenters. The van der Waals surface area contributed by atoms with Gasteiger partial charge in [-0.15, -0.1) is 0 Å². The summed E-state index contributed by atoms with van der Waals surface area (Å²) in [5.74, 6) is 0. The molecule has 1 heterocycles. The largest absolute Gasteiger partial charge is 0.357 e. The van der Waals surface area contributed by atoms with Gasteiger partial charge in [-0.05, 0) is 42.7 Å². The fraction of sp³-hybridized carbons (Fsp3) is 0.471. The fourth-order valence-electron chi connectivity index (χ4n) is 2.39. The minimum atomic E-state index is 0.108. The normalized spacial score (nSPS) is 13.7. The first-order valence-electron chi connectivity index (χ1n) is 6.99. The zero-order chi connectivity index (χ0) is 14.9. The standard InChI is InChI=1S/C17H23NOS/c1-11(20-5)14-9-16(19)13-7-6-12(8-15(13)18-14)10-17(2,3)4/h6-9,11H,10H2,1-5H3,(H,18,19). The van der Waals surface area contributed by atoms with Crippen LogP contribution in [0.4, 0.5) is 0 Å². The molecule has 2 rings (SSSR count). The highest BCUT2D eigenvalue weighted by Crippen LogP contribution is 2.26. The molecule has 0 aliphatic heterocycles. The molecule has 3 heteroatoms. The van der Waals surface area contributed by atoms with Crippen LogP contribution in [0.2, 0.25) is 0 Å². The van der Waals surface area contributed by atoms with E-state index in [1.165, 1.54) is 5.56 Å². The monoisotopic (exact) mass is 289 g/mol. The SMILES string of the molecule is CSC(C)c1cc(=O)c2ccc(CC(C)(C)C)cc2[nH]1. The number of H-pyrrole nitrogens is 1. The molecule has 0 amide bonds. The van der Waals surface area contributed by atoms with Crippen LogP contribution in [-0.4, -0.2) is 11.2 Å². The van der Waals surface area contributed by atoms with Gasteiger partial charge in [-0.2, -0.15) is 11.8 Å². The third-order valence-corrected chi connectivity index (χ3v) is 4.40. The zero-order valence-electron chi connectivity index (χ0n) is 12.9. The highest BCUT2D eigenvalue weighted by molar-refractivity contribution is 7.98. The summed E-state index contributed by atoms with van der Waals surface area (Å²) in [6.07, 6.45) is 3.07. The van der Waals surface area contributed by atoms with E-state index in [0.29, 0.717) is 5.25 Å². The van der Waals surface area contributed by atoms with E-state index in [9.17, 15) is 4.79 Å². The summed E-state index contributed by atoms with van der Waals surface area (Å²) in [5.41, 5.74) is 3.59. The highest BCUT2D eigenvalue weighted by Gasteiger charge is 2.13. The first-order valence-corrected chi connectivity index (χ1v) is 8.27. The first kappa shape index (κ1) is 15.2. The Morgan fingerprint density at radius 1 is 1.25 bits per heavy atom. The fourth-order valence-corrected chi connectivity index (χ4v) is 2.77. The second kappa shape index (κ2) is 5.65. The van der Waals surface area contributed by atoms with E-state index >= 15 is 0 Å². The predicted octanol–water partition coefficient (Wildman–Crippen LogP) is 4.54. The van der Waals surface area contributed by atoms with Crippen molar-refractivity contribution < 1.29 is 0 Å². The lowest BCUT2D eigenvalue weighted by Crippen LogP contribution is -2.10. The van der Waals surface area contributed by atoms with Gasteiger partial charge in [0.1, 0.15) is 0 Å². The van der Waals surface area contributed by atoms with Gasteiger partial charge >= 0.3 is 0 Å². The van der Waals surface area contributed by atoms with Gasteiger partial charge in [0.05, 0.1) is 0 Å². The van der Waals surface area contributed by atoms with Crippen molar-refractivity contribution in [3.05, 3.63) is 45.7 Å². The maximum atomic E-state index is 12.2. The van der Waals surface area contributed by atoms with Crippen molar-refractivity contribution in [2.45, 2.75) is 39.4 Å². The van der Waals surface area contributed by atoms with Crippen molar-refractivity contribution in [1.82, 2.24) is 4.98 Å². The van der Waals surface area contributed by atoms with Crippen molar-refractivity contribution in [1.29, 1.82) is 0 Å². The number of aromatic nitrogens is 1. The Hall–Kier alpha value is -1.22. The molecule has 1 aromatic heterocycles. The molecule has 0 saturated heterocycles. The van der Waals surface area contributed by atoms with Crippen LogP contribution >= 0.6 is 11.8 Å². The molecular formula is C17H23NOS. The number of aromatic amines is 1. The Labute approximate surface area is 125 Å². The van der Waals surface area contributed by atoms with Gasteiger partial charge in [0.2, 0.25) is 0 Å². The third-order valence-electron chi connectivity index (χ3n) is 3.44. The maximum Gasteiger partial charge on any atom is 0.189 e. The van der Waals surface area contributed by atoms with E-state index in [4.69, 9.17) is 0 Å². The summed E-state index contributed by atoms with van der Waals surface area (Å²) in [5, 5.41) is 1.08. The molecule has 2 aromatic rings. The van der Waals surface area contributed by atoms with Crippen LogP contribution in [0, 0.1) is 5.41 Å². The van der Waals surface area contributed by atoms with Crippen molar-refractivity contribution in [3.63, 3.8) is 0 Å². The molecule has 0 fully saturated rings. The van der Waals surface area contributed by atoms with Crippen LogP contribution in [0.3, 0.4) is 0 Å². The minimum Gasteiger partial charge on any atom is -0.357 e. The lowest BCUT2D eigenvalue weighted by atomic mass is 9.88. The van der Waals surface area contributed by atoms with E-state index in [-0.39, 0.29) is 10.8 Å². The highest BCUT2D eigenvalue weighted by atomic mass is 32.2. The number of hydrogen-bond acceptors (Lipinski definition) is 2. The van der Waals surface area contributed by atoms with Crippen LogP contribution in [0.1, 0.15) is 44.2 Å². The minimum absolute atomic E-state index is 0.108. The number of benzene rings is 1. The summed E-state index contributed by atoms with van der Waals surface area (Å²) in [4.78, 5) is 15.6. The summed E-state index contributed by atoms with van der Waals surface area (Å²) in [6, 6.07) is 7.87. The molecule has 0 bridgehead atoms. The lowest BCUT2D eigenvalue weighted by Gasteiger charge is -2.18. The molecule has 0 radical (unpaired) electrons. The second-order valence-corrected chi connectivity index (χ2v) is 7.76. The molecule has 0 aliphatic rings. The third kappa shape index (κ3) is 3.45. The first-order chi connectivity index (χ1) is 9.30. The molecule has 2 nitrogen and oxygen atoms in total. The quantitative estimate of drug-likeness (QED) is 0.899. The molecule has 1 unspecified atom stereocenters. The van der Waals surface area contributed by atoms with Crippen molar-refractivity contribution in [2.24, 2.45) is 5.41 Å². The smallest absolute Gasteiger partial charge is 0.189 e. The maximum absolute atomic E-state index is 12.2. The van der Waals surface area contributed by atoms with E-state index in [1.807, 2.05) is 6.07 Å². The topological polar surface area (TPSA) is 32.9 Å². The number of hydrogen-bond donors (Lipinski definition) is 1. The average molecular weight is 289 g/mol. The van der Waals surface area contributed by atoms with Crippen molar-refractivity contribution in [3.8, 4) is 0 Å². The Morgan fingerprint density at radius 3 is 2.55 bits per heavy atom. The average Bonchev–Trinajstić information content (AvgIpc) is 2.35. The van der Waals surface area contributed by atoms with Gasteiger partial charge < -0.3 is 4.98 Å². The Kier molecular flexibility index (Phi) is 4.28. The summed E-state index contributed by atoms with van der Waals surface area (Å²) < 4.78 is 0. The molecule has 1 N–H and O–H groups in total. The van der Waals surface area contributed by atoms with Gasteiger partial charge in [0.15, 0.2) is 5.43 Å². The number of fused-ring (bicyclic) bond motifs is 1. The van der Waals surface area contributed by atoms with E-state index in [0.717, 1.165) is 23.0 Å². The van der Waals surface area contributed by atoms with Gasteiger partial charge in [-0.25, -0.2) is 0 Å². The van der Waals surface area contributed by atoms with Gasteiger partial charge in [-0.1, -0.05) is 26.8 Å².